The smallest absolute Gasteiger partial charge is 0.233 e. The van der Waals surface area contributed by atoms with E-state index in [-0.39, 0.29) is 11.2 Å². The molecule has 1 N–H and O–H groups in total. The molecule has 0 unspecified atom stereocenters. The largest absolute Gasteiger partial charge is 0.467 e. The summed E-state index contributed by atoms with van der Waals surface area (Å²) in [6.45, 7) is 6.48. The topological polar surface area (TPSA) is 42.2 Å². The third-order valence-electron chi connectivity index (χ3n) is 3.03. The van der Waals surface area contributed by atoms with E-state index in [2.05, 4.69) is 37.4 Å². The van der Waals surface area contributed by atoms with Crippen LogP contribution in [0.5, 0.6) is 0 Å². The van der Waals surface area contributed by atoms with Gasteiger partial charge in [0, 0.05) is 4.90 Å². The monoisotopic (exact) mass is 289 g/mol. The van der Waals surface area contributed by atoms with Gasteiger partial charge in [0.15, 0.2) is 0 Å². The molecule has 1 heterocycles. The second-order valence-electron chi connectivity index (χ2n) is 4.83. The van der Waals surface area contributed by atoms with Crippen LogP contribution in [0.4, 0.5) is 0 Å². The van der Waals surface area contributed by atoms with Crippen LogP contribution in [0.3, 0.4) is 0 Å². The van der Waals surface area contributed by atoms with Gasteiger partial charge in [-0.15, -0.1) is 11.8 Å². The van der Waals surface area contributed by atoms with Gasteiger partial charge in [0.2, 0.25) is 5.91 Å². The van der Waals surface area contributed by atoms with E-state index < -0.39 is 0 Å². The first-order valence-corrected chi connectivity index (χ1v) is 7.48. The van der Waals surface area contributed by atoms with Crippen molar-refractivity contribution < 1.29 is 9.21 Å². The Kier molecular flexibility index (Phi) is 4.90. The molecule has 3 nitrogen and oxygen atoms in total. The van der Waals surface area contributed by atoms with Crippen LogP contribution in [0.25, 0.3) is 0 Å². The Morgan fingerprint density at radius 3 is 2.85 bits per heavy atom. The molecule has 4 heteroatoms. The maximum Gasteiger partial charge on any atom is 0.233 e. The molecule has 2 rings (SSSR count). The lowest BCUT2D eigenvalue weighted by molar-refractivity contribution is -0.120. The molecule has 0 radical (unpaired) electrons. The van der Waals surface area contributed by atoms with E-state index >= 15 is 0 Å². The maximum atomic E-state index is 12.1. The molecule has 0 saturated carbocycles. The fourth-order valence-corrected chi connectivity index (χ4v) is 2.89. The standard InChI is InChI=1S/C16H19NO2S/c1-11-6-7-12(2)15(9-11)20-13(3)16(18)17-10-14-5-4-8-19-14/h4-9,13H,10H2,1-3H3,(H,17,18)/t13-/m0/s1. The Morgan fingerprint density at radius 2 is 2.15 bits per heavy atom. The zero-order valence-corrected chi connectivity index (χ0v) is 12.8. The number of rotatable bonds is 5. The van der Waals surface area contributed by atoms with E-state index in [0.29, 0.717) is 6.54 Å². The van der Waals surface area contributed by atoms with E-state index in [1.165, 1.54) is 11.1 Å². The lowest BCUT2D eigenvalue weighted by atomic mass is 10.2. The Hall–Kier alpha value is -1.68. The number of thioether (sulfide) groups is 1. The van der Waals surface area contributed by atoms with Crippen LogP contribution in [0.1, 0.15) is 23.8 Å². The first-order valence-electron chi connectivity index (χ1n) is 6.60. The Labute approximate surface area is 123 Å². The van der Waals surface area contributed by atoms with Crippen LogP contribution in [0.2, 0.25) is 0 Å². The molecule has 0 aliphatic carbocycles. The number of amides is 1. The molecule has 20 heavy (non-hydrogen) atoms. The van der Waals surface area contributed by atoms with Crippen LogP contribution in [0.15, 0.2) is 45.9 Å². The average Bonchev–Trinajstić information content (AvgIpc) is 2.93. The van der Waals surface area contributed by atoms with Crippen LogP contribution in [-0.2, 0) is 11.3 Å². The zero-order chi connectivity index (χ0) is 14.5. The highest BCUT2D eigenvalue weighted by Crippen LogP contribution is 2.27. The van der Waals surface area contributed by atoms with Gasteiger partial charge >= 0.3 is 0 Å². The van der Waals surface area contributed by atoms with Gasteiger partial charge in [-0.2, -0.15) is 0 Å². The summed E-state index contributed by atoms with van der Waals surface area (Å²) < 4.78 is 5.20. The summed E-state index contributed by atoms with van der Waals surface area (Å²) in [5.41, 5.74) is 2.41. The summed E-state index contributed by atoms with van der Waals surface area (Å²) in [6, 6.07) is 9.96. The van der Waals surface area contributed by atoms with Gasteiger partial charge in [0.1, 0.15) is 5.76 Å². The Balaban J connectivity index is 1.92. The average molecular weight is 289 g/mol. The van der Waals surface area contributed by atoms with Gasteiger partial charge < -0.3 is 9.73 Å². The summed E-state index contributed by atoms with van der Waals surface area (Å²) in [6.07, 6.45) is 1.61. The number of nitrogens with one attached hydrogen (secondary N) is 1. The number of aryl methyl sites for hydroxylation is 2. The van der Waals surface area contributed by atoms with E-state index in [0.717, 1.165) is 10.7 Å². The van der Waals surface area contributed by atoms with Crippen LogP contribution in [0, 0.1) is 13.8 Å². The number of carbonyl (C=O) groups excluding carboxylic acids is 1. The van der Waals surface area contributed by atoms with Crippen molar-refractivity contribution in [2.45, 2.75) is 37.5 Å². The predicted molar refractivity (Wildman–Crippen MR) is 81.8 cm³/mol. The van der Waals surface area contributed by atoms with Crippen molar-refractivity contribution in [1.82, 2.24) is 5.32 Å². The fraction of sp³-hybridized carbons (Fsp3) is 0.312. The molecule has 1 aromatic heterocycles. The quantitative estimate of drug-likeness (QED) is 0.854. The van der Waals surface area contributed by atoms with Crippen molar-refractivity contribution in [2.24, 2.45) is 0 Å². The minimum atomic E-state index is -0.134. The Bertz CT molecular complexity index is 578. The van der Waals surface area contributed by atoms with Crippen LogP contribution < -0.4 is 5.32 Å². The molecule has 1 amide bonds. The SMILES string of the molecule is Cc1ccc(C)c(S[C@@H](C)C(=O)NCc2ccco2)c1. The molecule has 2 aromatic rings. The highest BCUT2D eigenvalue weighted by Gasteiger charge is 2.15. The maximum absolute atomic E-state index is 12.1. The lowest BCUT2D eigenvalue weighted by Crippen LogP contribution is -2.30. The highest BCUT2D eigenvalue weighted by molar-refractivity contribution is 8.00. The second kappa shape index (κ2) is 6.66. The van der Waals surface area contributed by atoms with Gasteiger partial charge in [-0.05, 0) is 44.5 Å². The van der Waals surface area contributed by atoms with Gasteiger partial charge in [-0.1, -0.05) is 17.7 Å². The molecule has 106 valence electrons. The van der Waals surface area contributed by atoms with Crippen molar-refractivity contribution in [3.05, 3.63) is 53.5 Å². The molecular formula is C16H19NO2S. The molecule has 0 bridgehead atoms. The minimum Gasteiger partial charge on any atom is -0.467 e. The first-order chi connectivity index (χ1) is 9.56. The fourth-order valence-electron chi connectivity index (χ4n) is 1.81. The van der Waals surface area contributed by atoms with Gasteiger partial charge in [0.25, 0.3) is 0 Å². The highest BCUT2D eigenvalue weighted by atomic mass is 32.2. The molecule has 0 saturated heterocycles. The van der Waals surface area contributed by atoms with Crippen molar-refractivity contribution in [1.29, 1.82) is 0 Å². The van der Waals surface area contributed by atoms with Gasteiger partial charge in [-0.25, -0.2) is 0 Å². The lowest BCUT2D eigenvalue weighted by Gasteiger charge is -2.13. The number of furan rings is 1. The van der Waals surface area contributed by atoms with Gasteiger partial charge in [0.05, 0.1) is 18.1 Å². The molecule has 1 atom stereocenters. The second-order valence-corrected chi connectivity index (χ2v) is 6.21. The third-order valence-corrected chi connectivity index (χ3v) is 4.29. The van der Waals surface area contributed by atoms with E-state index in [4.69, 9.17) is 4.42 Å². The Morgan fingerprint density at radius 1 is 1.35 bits per heavy atom. The minimum absolute atomic E-state index is 0.0207. The summed E-state index contributed by atoms with van der Waals surface area (Å²) in [5, 5.41) is 2.75. The number of benzene rings is 1. The summed E-state index contributed by atoms with van der Waals surface area (Å²) in [5.74, 6) is 0.787. The van der Waals surface area contributed by atoms with Crippen molar-refractivity contribution >= 4 is 17.7 Å². The molecule has 0 fully saturated rings. The number of hydrogen-bond acceptors (Lipinski definition) is 3. The van der Waals surface area contributed by atoms with Gasteiger partial charge in [-0.3, -0.25) is 4.79 Å². The summed E-state index contributed by atoms with van der Waals surface area (Å²) >= 11 is 1.59. The number of hydrogen-bond donors (Lipinski definition) is 1. The molecule has 0 aliphatic rings. The molecular weight excluding hydrogens is 270 g/mol. The van der Waals surface area contributed by atoms with E-state index in [9.17, 15) is 4.79 Å². The van der Waals surface area contributed by atoms with E-state index in [1.807, 2.05) is 19.1 Å². The zero-order valence-electron chi connectivity index (χ0n) is 12.0. The van der Waals surface area contributed by atoms with Crippen molar-refractivity contribution in [3.63, 3.8) is 0 Å². The van der Waals surface area contributed by atoms with E-state index in [1.54, 1.807) is 18.0 Å². The van der Waals surface area contributed by atoms with Crippen molar-refractivity contribution in [3.8, 4) is 0 Å². The molecule has 1 aromatic carbocycles. The predicted octanol–water partition coefficient (Wildman–Crippen LogP) is 3.69. The summed E-state index contributed by atoms with van der Waals surface area (Å²) in [4.78, 5) is 13.2. The number of carbonyl (C=O) groups is 1. The van der Waals surface area contributed by atoms with Crippen LogP contribution in [-0.4, -0.2) is 11.2 Å². The van der Waals surface area contributed by atoms with Crippen LogP contribution >= 0.6 is 11.8 Å². The normalized spacial score (nSPS) is 12.2. The van der Waals surface area contributed by atoms with Crippen molar-refractivity contribution in [2.75, 3.05) is 0 Å². The molecule has 0 aliphatic heterocycles. The summed E-state index contributed by atoms with van der Waals surface area (Å²) in [7, 11) is 0. The first kappa shape index (κ1) is 14.7. The third kappa shape index (κ3) is 3.90. The molecule has 0 spiro atoms.